The summed E-state index contributed by atoms with van der Waals surface area (Å²) in [5.41, 5.74) is 0.817. The summed E-state index contributed by atoms with van der Waals surface area (Å²) >= 11 is 6.06. The molecule has 0 heterocycles. The van der Waals surface area contributed by atoms with Gasteiger partial charge in [-0.25, -0.2) is 4.79 Å². The topological polar surface area (TPSA) is 75.6 Å². The second-order valence-corrected chi connectivity index (χ2v) is 4.41. The first kappa shape index (κ1) is 16.0. The second-order valence-electron chi connectivity index (χ2n) is 4.00. The van der Waals surface area contributed by atoms with Gasteiger partial charge in [-0.3, -0.25) is 4.79 Å². The van der Waals surface area contributed by atoms with Crippen LogP contribution in [-0.2, 0) is 11.2 Å². The summed E-state index contributed by atoms with van der Waals surface area (Å²) in [5.74, 6) is -1.24. The largest absolute Gasteiger partial charge is 0.493 e. The van der Waals surface area contributed by atoms with Gasteiger partial charge < -0.3 is 15.2 Å². The number of hydrogen-bond acceptors (Lipinski definition) is 3. The van der Waals surface area contributed by atoms with Crippen LogP contribution in [0.4, 0.5) is 5.69 Å². The Bertz CT molecular complexity index is 555. The number of amides is 1. The zero-order chi connectivity index (χ0) is 15.3. The number of halogens is 1. The van der Waals surface area contributed by atoms with Crippen molar-refractivity contribution < 1.29 is 19.4 Å². The molecule has 0 bridgehead atoms. The number of carboxylic acid groups (broad SMARTS) is 1. The van der Waals surface area contributed by atoms with Crippen molar-refractivity contribution in [2.24, 2.45) is 0 Å². The van der Waals surface area contributed by atoms with Gasteiger partial charge in [0.15, 0.2) is 0 Å². The summed E-state index contributed by atoms with van der Waals surface area (Å²) in [6.07, 6.45) is 1.91. The molecule has 0 atom stereocenters. The van der Waals surface area contributed by atoms with Crippen molar-refractivity contribution in [3.63, 3.8) is 0 Å². The Morgan fingerprint density at radius 2 is 2.20 bits per heavy atom. The Morgan fingerprint density at radius 3 is 2.65 bits per heavy atom. The lowest BCUT2D eigenvalue weighted by molar-refractivity contribution is -0.114. The zero-order valence-corrected chi connectivity index (χ0v) is 12.1. The Labute approximate surface area is 122 Å². The van der Waals surface area contributed by atoms with Crippen LogP contribution in [0.3, 0.4) is 0 Å². The molecule has 0 aliphatic heterocycles. The van der Waals surface area contributed by atoms with E-state index >= 15 is 0 Å². The van der Waals surface area contributed by atoms with Crippen molar-refractivity contribution in [3.8, 4) is 5.75 Å². The molecule has 108 valence electrons. The van der Waals surface area contributed by atoms with Gasteiger partial charge in [0.05, 0.1) is 17.3 Å². The first-order valence-electron chi connectivity index (χ1n) is 6.02. The Balaban J connectivity index is 3.59. The van der Waals surface area contributed by atoms with E-state index in [0.29, 0.717) is 24.3 Å². The van der Waals surface area contributed by atoms with Gasteiger partial charge in [0.1, 0.15) is 11.3 Å². The molecule has 0 aliphatic carbocycles. The minimum Gasteiger partial charge on any atom is -0.493 e. The molecule has 1 rings (SSSR count). The Morgan fingerprint density at radius 1 is 1.55 bits per heavy atom. The number of carboxylic acids is 1. The van der Waals surface area contributed by atoms with Crippen molar-refractivity contribution in [2.75, 3.05) is 11.9 Å². The predicted octanol–water partition coefficient (Wildman–Crippen LogP) is 3.12. The maximum absolute atomic E-state index is 11.3. The molecule has 1 aromatic carbocycles. The minimum absolute atomic E-state index is 0.0391. The van der Waals surface area contributed by atoms with Crippen molar-refractivity contribution in [2.45, 2.75) is 20.3 Å². The number of rotatable bonds is 6. The molecular weight excluding hydrogens is 282 g/mol. The first-order valence-corrected chi connectivity index (χ1v) is 6.40. The van der Waals surface area contributed by atoms with E-state index < -0.39 is 5.97 Å². The van der Waals surface area contributed by atoms with Crippen molar-refractivity contribution >= 4 is 29.2 Å². The highest BCUT2D eigenvalue weighted by atomic mass is 35.5. The lowest BCUT2D eigenvalue weighted by atomic mass is 10.0. The number of hydrogen-bond donors (Lipinski definition) is 2. The summed E-state index contributed by atoms with van der Waals surface area (Å²) in [6.45, 7) is 7.01. The molecule has 5 nitrogen and oxygen atoms in total. The van der Waals surface area contributed by atoms with Crippen LogP contribution in [-0.4, -0.2) is 23.6 Å². The number of anilines is 1. The van der Waals surface area contributed by atoms with E-state index in [0.717, 1.165) is 0 Å². The molecule has 1 aromatic rings. The average molecular weight is 298 g/mol. The van der Waals surface area contributed by atoms with E-state index in [1.807, 2.05) is 0 Å². The molecule has 0 aliphatic rings. The maximum atomic E-state index is 11.3. The SMILES string of the molecule is C=CCc1c(NC(C)=O)c(Cl)cc(C(=O)O)c1OCC. The van der Waals surface area contributed by atoms with Crippen molar-refractivity contribution in [1.29, 1.82) is 0 Å². The molecule has 0 saturated carbocycles. The van der Waals surface area contributed by atoms with Gasteiger partial charge in [-0.05, 0) is 19.4 Å². The molecule has 1 amide bonds. The van der Waals surface area contributed by atoms with Crippen LogP contribution in [0.5, 0.6) is 5.75 Å². The highest BCUT2D eigenvalue weighted by molar-refractivity contribution is 6.34. The lowest BCUT2D eigenvalue weighted by Crippen LogP contribution is -2.13. The lowest BCUT2D eigenvalue weighted by Gasteiger charge is -2.18. The predicted molar refractivity (Wildman–Crippen MR) is 77.8 cm³/mol. The minimum atomic E-state index is -1.14. The van der Waals surface area contributed by atoms with Gasteiger partial charge in [0.2, 0.25) is 5.91 Å². The summed E-state index contributed by atoms with van der Waals surface area (Å²) in [4.78, 5) is 22.5. The molecule has 6 heteroatoms. The second kappa shape index (κ2) is 6.96. The van der Waals surface area contributed by atoms with Crippen LogP contribution in [0, 0.1) is 0 Å². The number of aromatic carboxylic acids is 1. The molecule has 0 unspecified atom stereocenters. The fourth-order valence-corrected chi connectivity index (χ4v) is 2.07. The highest BCUT2D eigenvalue weighted by Gasteiger charge is 2.22. The number of benzene rings is 1. The standard InChI is InChI=1S/C14H16ClNO4/c1-4-6-9-12(16-8(3)17)11(15)7-10(14(18)19)13(9)20-5-2/h4,7H,1,5-6H2,2-3H3,(H,16,17)(H,18,19). The van der Waals surface area contributed by atoms with Crippen LogP contribution >= 0.6 is 11.6 Å². The van der Waals surface area contributed by atoms with Gasteiger partial charge in [-0.1, -0.05) is 17.7 Å². The number of allylic oxidation sites excluding steroid dienone is 1. The van der Waals surface area contributed by atoms with E-state index in [9.17, 15) is 14.7 Å². The molecule has 20 heavy (non-hydrogen) atoms. The summed E-state index contributed by atoms with van der Waals surface area (Å²) in [5, 5.41) is 12.0. The van der Waals surface area contributed by atoms with Crippen LogP contribution in [0.25, 0.3) is 0 Å². The first-order chi connectivity index (χ1) is 9.42. The number of carbonyl (C=O) groups excluding carboxylic acids is 1. The smallest absolute Gasteiger partial charge is 0.339 e. The molecule has 0 fully saturated rings. The number of nitrogens with one attached hydrogen (secondary N) is 1. The summed E-state index contributed by atoms with van der Waals surface area (Å²) in [6, 6.07) is 1.27. The van der Waals surface area contributed by atoms with Crippen LogP contribution in [0.15, 0.2) is 18.7 Å². The van der Waals surface area contributed by atoms with Crippen LogP contribution in [0.1, 0.15) is 29.8 Å². The maximum Gasteiger partial charge on any atom is 0.339 e. The van der Waals surface area contributed by atoms with Gasteiger partial charge in [0.25, 0.3) is 0 Å². The van der Waals surface area contributed by atoms with Crippen molar-refractivity contribution in [3.05, 3.63) is 34.9 Å². The van der Waals surface area contributed by atoms with E-state index in [1.54, 1.807) is 13.0 Å². The Kier molecular flexibility index (Phi) is 5.58. The Hall–Kier alpha value is -2.01. The molecule has 0 spiro atoms. The third-order valence-electron chi connectivity index (χ3n) is 2.50. The van der Waals surface area contributed by atoms with Gasteiger partial charge in [-0.2, -0.15) is 0 Å². The number of carbonyl (C=O) groups is 2. The van der Waals surface area contributed by atoms with Gasteiger partial charge in [-0.15, -0.1) is 6.58 Å². The molecule has 0 aromatic heterocycles. The van der Waals surface area contributed by atoms with Crippen LogP contribution in [0.2, 0.25) is 5.02 Å². The van der Waals surface area contributed by atoms with E-state index in [-0.39, 0.29) is 22.2 Å². The summed E-state index contributed by atoms with van der Waals surface area (Å²) < 4.78 is 5.42. The average Bonchev–Trinajstić information content (AvgIpc) is 2.36. The zero-order valence-electron chi connectivity index (χ0n) is 11.3. The fraction of sp³-hybridized carbons (Fsp3) is 0.286. The molecule has 0 radical (unpaired) electrons. The van der Waals surface area contributed by atoms with Crippen molar-refractivity contribution in [1.82, 2.24) is 0 Å². The molecule has 0 saturated heterocycles. The molecular formula is C14H16ClNO4. The quantitative estimate of drug-likeness (QED) is 0.791. The molecule has 2 N–H and O–H groups in total. The van der Waals surface area contributed by atoms with Gasteiger partial charge in [0, 0.05) is 12.5 Å². The van der Waals surface area contributed by atoms with E-state index in [1.165, 1.54) is 13.0 Å². The van der Waals surface area contributed by atoms with Gasteiger partial charge >= 0.3 is 5.97 Å². The third-order valence-corrected chi connectivity index (χ3v) is 2.80. The summed E-state index contributed by atoms with van der Waals surface area (Å²) in [7, 11) is 0. The fourth-order valence-electron chi connectivity index (χ4n) is 1.80. The normalized spacial score (nSPS) is 9.95. The van der Waals surface area contributed by atoms with E-state index in [4.69, 9.17) is 16.3 Å². The third kappa shape index (κ3) is 3.51. The number of ether oxygens (including phenoxy) is 1. The van der Waals surface area contributed by atoms with Crippen LogP contribution < -0.4 is 10.1 Å². The monoisotopic (exact) mass is 297 g/mol. The highest BCUT2D eigenvalue weighted by Crippen LogP contribution is 2.37. The van der Waals surface area contributed by atoms with E-state index in [2.05, 4.69) is 11.9 Å².